The number of carbonyl (C=O) groups is 1. The van der Waals surface area contributed by atoms with E-state index in [0.717, 1.165) is 38.8 Å². The van der Waals surface area contributed by atoms with E-state index in [9.17, 15) is 13.2 Å². The van der Waals surface area contributed by atoms with E-state index in [4.69, 9.17) is 0 Å². The molecule has 1 amide bonds. The number of hydrogen-bond acceptors (Lipinski definition) is 5. The first-order valence-corrected chi connectivity index (χ1v) is 11.5. The van der Waals surface area contributed by atoms with Crippen LogP contribution < -0.4 is 5.32 Å². The molecule has 138 valence electrons. The van der Waals surface area contributed by atoms with Gasteiger partial charge in [0.15, 0.2) is 0 Å². The van der Waals surface area contributed by atoms with Crippen molar-refractivity contribution in [2.45, 2.75) is 55.5 Å². The SMILES string of the molecule is O=C(NC1CCN(C2CC2)C1)c1sccc1S(=O)(=O)N1CCCCC1. The normalized spacial score (nSPS) is 26.0. The number of thiophene rings is 1. The Morgan fingerprint density at radius 3 is 2.60 bits per heavy atom. The zero-order valence-electron chi connectivity index (χ0n) is 14.3. The summed E-state index contributed by atoms with van der Waals surface area (Å²) in [6.07, 6.45) is 6.34. The van der Waals surface area contributed by atoms with Gasteiger partial charge in [-0.15, -0.1) is 11.3 Å². The van der Waals surface area contributed by atoms with E-state index < -0.39 is 10.0 Å². The predicted octanol–water partition coefficient (Wildman–Crippen LogP) is 1.89. The van der Waals surface area contributed by atoms with E-state index in [1.165, 1.54) is 28.5 Å². The molecule has 1 atom stereocenters. The van der Waals surface area contributed by atoms with Crippen molar-refractivity contribution < 1.29 is 13.2 Å². The molecule has 4 rings (SSSR count). The molecule has 3 fully saturated rings. The van der Waals surface area contributed by atoms with Gasteiger partial charge in [0, 0.05) is 38.3 Å². The standard InChI is InChI=1S/C17H25N3O3S2/c21-17(18-13-6-10-19(12-13)14-4-5-14)16-15(7-11-24-16)25(22,23)20-8-2-1-3-9-20/h7,11,13-14H,1-6,8-10,12H2,(H,18,21). The molecule has 0 aromatic carbocycles. The fourth-order valence-corrected chi connectivity index (χ4v) is 6.66. The van der Waals surface area contributed by atoms with E-state index in [1.807, 2.05) is 0 Å². The molecular formula is C17H25N3O3S2. The Kier molecular flexibility index (Phi) is 4.87. The molecule has 2 aliphatic heterocycles. The van der Waals surface area contributed by atoms with Crippen LogP contribution in [0, 0.1) is 0 Å². The lowest BCUT2D eigenvalue weighted by Gasteiger charge is -2.26. The van der Waals surface area contributed by atoms with Crippen LogP contribution in [0.1, 0.15) is 48.2 Å². The predicted molar refractivity (Wildman–Crippen MR) is 97.4 cm³/mol. The average molecular weight is 384 g/mol. The summed E-state index contributed by atoms with van der Waals surface area (Å²) < 4.78 is 27.3. The summed E-state index contributed by atoms with van der Waals surface area (Å²) >= 11 is 1.22. The number of sulfonamides is 1. The second kappa shape index (κ2) is 6.98. The zero-order chi connectivity index (χ0) is 17.4. The summed E-state index contributed by atoms with van der Waals surface area (Å²) in [5, 5.41) is 4.76. The minimum atomic E-state index is -3.57. The molecular weight excluding hydrogens is 358 g/mol. The largest absolute Gasteiger partial charge is 0.347 e. The van der Waals surface area contributed by atoms with Crippen LogP contribution in [0.25, 0.3) is 0 Å². The van der Waals surface area contributed by atoms with Crippen molar-refractivity contribution in [2.24, 2.45) is 0 Å². The highest BCUT2D eigenvalue weighted by Gasteiger charge is 2.36. The van der Waals surface area contributed by atoms with Crippen molar-refractivity contribution in [2.75, 3.05) is 26.2 Å². The maximum Gasteiger partial charge on any atom is 0.263 e. The third-order valence-electron chi connectivity index (χ3n) is 5.39. The Balaban J connectivity index is 1.46. The number of piperidine rings is 1. The van der Waals surface area contributed by atoms with Gasteiger partial charge < -0.3 is 5.32 Å². The Labute approximate surface area is 153 Å². The van der Waals surface area contributed by atoms with Gasteiger partial charge in [0.2, 0.25) is 10.0 Å². The van der Waals surface area contributed by atoms with Gasteiger partial charge in [-0.25, -0.2) is 8.42 Å². The van der Waals surface area contributed by atoms with Crippen LogP contribution in [0.3, 0.4) is 0 Å². The van der Waals surface area contributed by atoms with Gasteiger partial charge in [-0.3, -0.25) is 9.69 Å². The quantitative estimate of drug-likeness (QED) is 0.843. The Hall–Kier alpha value is -0.960. The summed E-state index contributed by atoms with van der Waals surface area (Å²) in [5.74, 6) is -0.242. The lowest BCUT2D eigenvalue weighted by Crippen LogP contribution is -2.39. The van der Waals surface area contributed by atoms with Crippen LogP contribution in [-0.4, -0.2) is 61.8 Å². The summed E-state index contributed by atoms with van der Waals surface area (Å²) in [6.45, 7) is 3.02. The van der Waals surface area contributed by atoms with E-state index in [-0.39, 0.29) is 16.8 Å². The van der Waals surface area contributed by atoms with Crippen LogP contribution in [0.5, 0.6) is 0 Å². The molecule has 1 saturated carbocycles. The van der Waals surface area contributed by atoms with Gasteiger partial charge in [0.25, 0.3) is 5.91 Å². The number of hydrogen-bond donors (Lipinski definition) is 1. The molecule has 1 aromatic rings. The fraction of sp³-hybridized carbons (Fsp3) is 0.706. The van der Waals surface area contributed by atoms with E-state index in [2.05, 4.69) is 10.2 Å². The Bertz CT molecular complexity index is 736. The second-order valence-electron chi connectivity index (χ2n) is 7.26. The van der Waals surface area contributed by atoms with Crippen LogP contribution in [-0.2, 0) is 10.0 Å². The molecule has 1 unspecified atom stereocenters. The van der Waals surface area contributed by atoms with Gasteiger partial charge >= 0.3 is 0 Å². The maximum atomic E-state index is 12.9. The highest BCUT2D eigenvalue weighted by molar-refractivity contribution is 7.89. The van der Waals surface area contributed by atoms with Crippen LogP contribution in [0.4, 0.5) is 0 Å². The van der Waals surface area contributed by atoms with Crippen molar-refractivity contribution in [3.05, 3.63) is 16.3 Å². The van der Waals surface area contributed by atoms with Crippen molar-refractivity contribution in [1.29, 1.82) is 0 Å². The third-order valence-corrected chi connectivity index (χ3v) is 8.37. The summed E-state index contributed by atoms with van der Waals surface area (Å²) in [7, 11) is -3.57. The van der Waals surface area contributed by atoms with Gasteiger partial charge in [-0.1, -0.05) is 6.42 Å². The molecule has 0 spiro atoms. The molecule has 2 saturated heterocycles. The third kappa shape index (κ3) is 3.63. The minimum absolute atomic E-state index is 0.126. The van der Waals surface area contributed by atoms with E-state index in [1.54, 1.807) is 11.4 Å². The van der Waals surface area contributed by atoms with Crippen LogP contribution >= 0.6 is 11.3 Å². The Morgan fingerprint density at radius 2 is 1.88 bits per heavy atom. The number of carbonyl (C=O) groups excluding carboxylic acids is 1. The van der Waals surface area contributed by atoms with E-state index >= 15 is 0 Å². The van der Waals surface area contributed by atoms with Crippen molar-refractivity contribution in [3.8, 4) is 0 Å². The monoisotopic (exact) mass is 383 g/mol. The van der Waals surface area contributed by atoms with Crippen LogP contribution in [0.2, 0.25) is 0 Å². The topological polar surface area (TPSA) is 69.7 Å². The first-order chi connectivity index (χ1) is 12.1. The number of nitrogens with zero attached hydrogens (tertiary/aromatic N) is 2. The molecule has 1 aliphatic carbocycles. The molecule has 6 nitrogen and oxygen atoms in total. The first-order valence-electron chi connectivity index (χ1n) is 9.18. The number of rotatable bonds is 5. The summed E-state index contributed by atoms with van der Waals surface area (Å²) in [6, 6.07) is 2.41. The van der Waals surface area contributed by atoms with Crippen molar-refractivity contribution in [3.63, 3.8) is 0 Å². The number of likely N-dealkylation sites (tertiary alicyclic amines) is 1. The second-order valence-corrected chi connectivity index (χ2v) is 10.1. The maximum absolute atomic E-state index is 12.9. The van der Waals surface area contributed by atoms with Crippen molar-refractivity contribution in [1.82, 2.24) is 14.5 Å². The van der Waals surface area contributed by atoms with Gasteiger partial charge in [-0.05, 0) is 43.6 Å². The van der Waals surface area contributed by atoms with Gasteiger partial charge in [0.05, 0.1) is 0 Å². The molecule has 3 heterocycles. The Morgan fingerprint density at radius 1 is 1.12 bits per heavy atom. The van der Waals surface area contributed by atoms with Gasteiger partial charge in [-0.2, -0.15) is 4.31 Å². The molecule has 3 aliphatic rings. The summed E-state index contributed by atoms with van der Waals surface area (Å²) in [4.78, 5) is 15.6. The smallest absolute Gasteiger partial charge is 0.263 e. The molecule has 0 bridgehead atoms. The molecule has 8 heteroatoms. The van der Waals surface area contributed by atoms with Crippen LogP contribution in [0.15, 0.2) is 16.3 Å². The number of nitrogens with one attached hydrogen (secondary N) is 1. The molecule has 0 radical (unpaired) electrons. The van der Waals surface area contributed by atoms with Crippen molar-refractivity contribution >= 4 is 27.3 Å². The molecule has 1 N–H and O–H groups in total. The molecule has 25 heavy (non-hydrogen) atoms. The lowest BCUT2D eigenvalue weighted by atomic mass is 10.2. The zero-order valence-corrected chi connectivity index (χ0v) is 15.9. The average Bonchev–Trinajstić information content (AvgIpc) is 3.15. The summed E-state index contributed by atoms with van der Waals surface area (Å²) in [5.41, 5.74) is 0. The highest BCUT2D eigenvalue weighted by atomic mass is 32.2. The number of amides is 1. The van der Waals surface area contributed by atoms with E-state index in [0.29, 0.717) is 24.0 Å². The highest BCUT2D eigenvalue weighted by Crippen LogP contribution is 2.31. The first kappa shape index (κ1) is 17.5. The molecule has 1 aromatic heterocycles. The minimum Gasteiger partial charge on any atom is -0.347 e. The fourth-order valence-electron chi connectivity index (χ4n) is 3.84. The lowest BCUT2D eigenvalue weighted by molar-refractivity contribution is 0.0938. The van der Waals surface area contributed by atoms with Gasteiger partial charge in [0.1, 0.15) is 9.77 Å².